The number of phosphoric acid groups is 1. The van der Waals surface area contributed by atoms with Gasteiger partial charge in [-0.15, -0.1) is 0 Å². The number of unbranched alkanes of at least 4 members (excludes halogenated alkanes) is 31. The fourth-order valence-corrected chi connectivity index (χ4v) is 7.17. The maximum Gasteiger partial charge on any atom is 0.469 e. The van der Waals surface area contributed by atoms with Gasteiger partial charge in [-0.25, -0.2) is 4.57 Å². The van der Waals surface area contributed by atoms with Crippen molar-refractivity contribution in [1.29, 1.82) is 0 Å². The Labute approximate surface area is 304 Å². The molecule has 0 radical (unpaired) electrons. The lowest BCUT2D eigenvalue weighted by Crippen LogP contribution is -2.46. The Hall–Kier alpha value is -0.460. The minimum Gasteiger partial charge on any atom is -0.391 e. The molecule has 0 aliphatic heterocycles. The molecule has 0 heterocycles. The third kappa shape index (κ3) is 38.6. The zero-order valence-electron chi connectivity index (χ0n) is 32.6. The molecule has 0 saturated carbocycles. The van der Waals surface area contributed by atoms with Gasteiger partial charge in [0.15, 0.2) is 0 Å². The van der Waals surface area contributed by atoms with Crippen molar-refractivity contribution in [3.8, 4) is 0 Å². The van der Waals surface area contributed by atoms with Gasteiger partial charge >= 0.3 is 7.82 Å². The van der Waals surface area contributed by atoms with Crippen LogP contribution in [0.1, 0.15) is 239 Å². The SMILES string of the molecule is CCCCCCCCCCCCCCCCCCCC(=O)N[C@@H](COP(=O)(O)O)[C@H](O)CCCCCCCCCCCCCCCCCC. The van der Waals surface area contributed by atoms with Gasteiger partial charge in [-0.2, -0.15) is 0 Å². The first-order valence-electron chi connectivity index (χ1n) is 21.5. The summed E-state index contributed by atoms with van der Waals surface area (Å²) in [5.41, 5.74) is 0. The van der Waals surface area contributed by atoms with Crippen molar-refractivity contribution in [2.45, 2.75) is 251 Å². The topological polar surface area (TPSA) is 116 Å². The molecule has 7 nitrogen and oxygen atoms in total. The van der Waals surface area contributed by atoms with Crippen LogP contribution < -0.4 is 5.32 Å². The van der Waals surface area contributed by atoms with E-state index < -0.39 is 26.6 Å². The molecule has 0 bridgehead atoms. The van der Waals surface area contributed by atoms with Crippen LogP contribution in [0, 0.1) is 0 Å². The second-order valence-corrected chi connectivity index (χ2v) is 16.3. The monoisotopic (exact) mass is 718 g/mol. The second-order valence-electron chi connectivity index (χ2n) is 15.0. The number of carbonyl (C=O) groups is 1. The zero-order valence-corrected chi connectivity index (χ0v) is 33.5. The summed E-state index contributed by atoms with van der Waals surface area (Å²) >= 11 is 0. The average Bonchev–Trinajstić information content (AvgIpc) is 3.07. The summed E-state index contributed by atoms with van der Waals surface area (Å²) in [6.07, 6.45) is 42.3. The highest BCUT2D eigenvalue weighted by atomic mass is 31.2. The maximum atomic E-state index is 12.6. The maximum absolute atomic E-state index is 12.6. The van der Waals surface area contributed by atoms with Gasteiger partial charge in [-0.1, -0.05) is 219 Å². The van der Waals surface area contributed by atoms with Crippen molar-refractivity contribution in [2.75, 3.05) is 6.61 Å². The molecule has 0 spiro atoms. The summed E-state index contributed by atoms with van der Waals surface area (Å²) in [5.74, 6) is -0.189. The molecule has 0 fully saturated rings. The van der Waals surface area contributed by atoms with Crippen molar-refractivity contribution < 1.29 is 28.8 Å². The minimum atomic E-state index is -4.69. The molecule has 0 saturated heterocycles. The van der Waals surface area contributed by atoms with Crippen LogP contribution in [0.2, 0.25) is 0 Å². The van der Waals surface area contributed by atoms with Crippen LogP contribution >= 0.6 is 7.82 Å². The van der Waals surface area contributed by atoms with E-state index in [4.69, 9.17) is 9.79 Å². The van der Waals surface area contributed by atoms with E-state index in [9.17, 15) is 14.5 Å². The third-order valence-electron chi connectivity index (χ3n) is 10.1. The molecule has 0 aromatic carbocycles. The number of aliphatic hydroxyl groups excluding tert-OH is 1. The third-order valence-corrected chi connectivity index (χ3v) is 10.6. The van der Waals surface area contributed by atoms with Gasteiger partial charge in [-0.05, 0) is 12.8 Å². The van der Waals surface area contributed by atoms with E-state index in [1.807, 2.05) is 0 Å². The van der Waals surface area contributed by atoms with Crippen LogP contribution in [0.4, 0.5) is 0 Å². The van der Waals surface area contributed by atoms with Crippen LogP contribution in [0.25, 0.3) is 0 Å². The Morgan fingerprint density at radius 3 is 1.10 bits per heavy atom. The molecule has 49 heavy (non-hydrogen) atoms. The average molecular weight is 718 g/mol. The lowest BCUT2D eigenvalue weighted by Gasteiger charge is -2.24. The summed E-state index contributed by atoms with van der Waals surface area (Å²) in [5, 5.41) is 13.5. The Bertz CT molecular complexity index is 733. The van der Waals surface area contributed by atoms with Crippen molar-refractivity contribution >= 4 is 13.7 Å². The molecular formula is C41H84NO6P. The Balaban J connectivity index is 3.87. The summed E-state index contributed by atoms with van der Waals surface area (Å²) in [6.45, 7) is 4.14. The first-order valence-corrected chi connectivity index (χ1v) is 23.0. The fraction of sp³-hybridized carbons (Fsp3) is 0.976. The van der Waals surface area contributed by atoms with Crippen molar-refractivity contribution in [2.24, 2.45) is 0 Å². The molecule has 0 rings (SSSR count). The number of hydrogen-bond acceptors (Lipinski definition) is 4. The highest BCUT2D eigenvalue weighted by Crippen LogP contribution is 2.36. The molecule has 1 amide bonds. The molecular weight excluding hydrogens is 633 g/mol. The van der Waals surface area contributed by atoms with E-state index in [0.717, 1.165) is 38.5 Å². The Morgan fingerprint density at radius 1 is 0.510 bits per heavy atom. The molecule has 0 unspecified atom stereocenters. The van der Waals surface area contributed by atoms with Gasteiger partial charge in [0.25, 0.3) is 0 Å². The number of nitrogens with one attached hydrogen (secondary N) is 1. The minimum absolute atomic E-state index is 0.189. The molecule has 0 aliphatic rings. The van der Waals surface area contributed by atoms with Gasteiger partial charge in [0.05, 0.1) is 18.8 Å². The van der Waals surface area contributed by atoms with Crippen molar-refractivity contribution in [1.82, 2.24) is 5.32 Å². The lowest BCUT2D eigenvalue weighted by molar-refractivity contribution is -0.123. The summed E-state index contributed by atoms with van der Waals surface area (Å²) in [7, 11) is -4.69. The summed E-state index contributed by atoms with van der Waals surface area (Å²) in [4.78, 5) is 30.9. The molecule has 4 N–H and O–H groups in total. The van der Waals surface area contributed by atoms with E-state index in [1.165, 1.54) is 173 Å². The Morgan fingerprint density at radius 2 is 0.796 bits per heavy atom. The lowest BCUT2D eigenvalue weighted by atomic mass is 10.0. The van der Waals surface area contributed by atoms with Crippen molar-refractivity contribution in [3.63, 3.8) is 0 Å². The van der Waals surface area contributed by atoms with Crippen LogP contribution in [0.3, 0.4) is 0 Å². The van der Waals surface area contributed by atoms with E-state index in [0.29, 0.717) is 12.8 Å². The largest absolute Gasteiger partial charge is 0.469 e. The quantitative estimate of drug-likeness (QED) is 0.0370. The number of phosphoric ester groups is 1. The normalized spacial score (nSPS) is 13.2. The molecule has 0 aromatic rings. The van der Waals surface area contributed by atoms with Gasteiger partial charge < -0.3 is 20.2 Å². The number of hydrogen-bond donors (Lipinski definition) is 4. The predicted molar refractivity (Wildman–Crippen MR) is 209 cm³/mol. The molecule has 0 aromatic heterocycles. The van der Waals surface area contributed by atoms with Gasteiger partial charge in [0.2, 0.25) is 5.91 Å². The first kappa shape index (κ1) is 48.5. The zero-order chi connectivity index (χ0) is 36.1. The van der Waals surface area contributed by atoms with Gasteiger partial charge in [-0.3, -0.25) is 9.32 Å². The predicted octanol–water partition coefficient (Wildman–Crippen LogP) is 12.6. The highest BCUT2D eigenvalue weighted by Gasteiger charge is 2.25. The summed E-state index contributed by atoms with van der Waals surface area (Å²) < 4.78 is 16.0. The summed E-state index contributed by atoms with van der Waals surface area (Å²) in [6, 6.07) is -0.817. The standard InChI is InChI=1S/C41H84NO6P/c1-3-5-7-9-11-13-15-17-19-21-23-25-27-29-31-33-35-37-41(44)42-39(38-48-49(45,46)47)40(43)36-34-32-30-28-26-24-22-20-18-16-14-12-10-8-6-4-2/h39-40,43H,3-38H2,1-2H3,(H,42,44)(H2,45,46,47)/t39-,40+/m0/s1. The van der Waals surface area contributed by atoms with Crippen LogP contribution in [-0.2, 0) is 13.9 Å². The van der Waals surface area contributed by atoms with E-state index in [2.05, 4.69) is 23.7 Å². The molecule has 2 atom stereocenters. The fourth-order valence-electron chi connectivity index (χ4n) is 6.82. The van der Waals surface area contributed by atoms with Crippen LogP contribution in [-0.4, -0.2) is 39.6 Å². The molecule has 294 valence electrons. The van der Waals surface area contributed by atoms with E-state index >= 15 is 0 Å². The van der Waals surface area contributed by atoms with Crippen LogP contribution in [0.15, 0.2) is 0 Å². The van der Waals surface area contributed by atoms with Crippen LogP contribution in [0.5, 0.6) is 0 Å². The number of amides is 1. The number of rotatable bonds is 40. The van der Waals surface area contributed by atoms with E-state index in [-0.39, 0.29) is 5.91 Å². The molecule has 0 aliphatic carbocycles. The smallest absolute Gasteiger partial charge is 0.391 e. The highest BCUT2D eigenvalue weighted by molar-refractivity contribution is 7.46. The molecule has 8 heteroatoms. The van der Waals surface area contributed by atoms with Crippen molar-refractivity contribution in [3.05, 3.63) is 0 Å². The number of carbonyl (C=O) groups excluding carboxylic acids is 1. The Kier molecular flexibility index (Phi) is 37.0. The second kappa shape index (κ2) is 37.3. The number of aliphatic hydroxyl groups is 1. The van der Waals surface area contributed by atoms with E-state index in [1.54, 1.807) is 0 Å². The van der Waals surface area contributed by atoms with Gasteiger partial charge in [0, 0.05) is 6.42 Å². The first-order chi connectivity index (χ1) is 23.8. The van der Waals surface area contributed by atoms with Gasteiger partial charge in [0.1, 0.15) is 0 Å².